The molecule has 0 bridgehead atoms. The van der Waals surface area contributed by atoms with Crippen molar-refractivity contribution in [3.05, 3.63) is 12.7 Å². The maximum absolute atomic E-state index is 12.7. The van der Waals surface area contributed by atoms with E-state index in [-0.39, 0.29) is 12.5 Å². The number of fused-ring (bicyclic) bond motifs is 1. The number of ether oxygens (including phenoxy) is 1. The van der Waals surface area contributed by atoms with Gasteiger partial charge < -0.3 is 30.9 Å². The van der Waals surface area contributed by atoms with Crippen LogP contribution in [0.4, 0.5) is 5.82 Å². The van der Waals surface area contributed by atoms with E-state index in [4.69, 9.17) is 10.5 Å². The number of thioether (sulfide) groups is 1. The lowest BCUT2D eigenvalue weighted by Gasteiger charge is -2.22. The summed E-state index contributed by atoms with van der Waals surface area (Å²) in [6.45, 7) is 1.84. The Morgan fingerprint density at radius 3 is 2.71 bits per heavy atom. The maximum Gasteiger partial charge on any atom is 0.238 e. The summed E-state index contributed by atoms with van der Waals surface area (Å²) >= 11 is 1.66. The van der Waals surface area contributed by atoms with Gasteiger partial charge in [-0.15, -0.1) is 0 Å². The lowest BCUT2D eigenvalue weighted by atomic mass is 10.1. The first kappa shape index (κ1) is 27.6. The summed E-state index contributed by atoms with van der Waals surface area (Å²) in [5.74, 6) is 1.72. The predicted octanol–water partition coefficient (Wildman–Crippen LogP) is 1.05. The van der Waals surface area contributed by atoms with Crippen LogP contribution in [0.3, 0.4) is 0 Å². The molecule has 5 N–H and O–H groups in total. The second-order valence-corrected chi connectivity index (χ2v) is 10.3. The van der Waals surface area contributed by atoms with E-state index >= 15 is 0 Å². The van der Waals surface area contributed by atoms with Gasteiger partial charge in [0.15, 0.2) is 23.2 Å². The van der Waals surface area contributed by atoms with Crippen molar-refractivity contribution >= 4 is 34.7 Å². The Balaban J connectivity index is 1.56. The Morgan fingerprint density at radius 2 is 2.00 bits per heavy atom. The predicted molar refractivity (Wildman–Crippen MR) is 137 cm³/mol. The molecule has 35 heavy (non-hydrogen) atoms. The molecule has 0 aromatic carbocycles. The number of carbonyl (C=O) groups excluding carboxylic acids is 1. The number of aliphatic hydroxyl groups excluding tert-OH is 2. The van der Waals surface area contributed by atoms with Gasteiger partial charge >= 0.3 is 0 Å². The van der Waals surface area contributed by atoms with Gasteiger partial charge in [-0.05, 0) is 12.2 Å². The second-order valence-electron chi connectivity index (χ2n) is 9.14. The zero-order valence-electron chi connectivity index (χ0n) is 20.8. The highest BCUT2D eigenvalue weighted by molar-refractivity contribution is 7.99. The Kier molecular flexibility index (Phi) is 10.5. The third-order valence-electron chi connectivity index (χ3n) is 6.18. The van der Waals surface area contributed by atoms with Crippen LogP contribution in [0.2, 0.25) is 0 Å². The van der Waals surface area contributed by atoms with Gasteiger partial charge in [0.2, 0.25) is 5.91 Å². The molecule has 1 fully saturated rings. The number of imidazole rings is 1. The molecule has 3 heterocycles. The number of carbonyl (C=O) groups is 1. The number of unbranched alkanes of at least 4 members (excludes halogenated alkanes) is 5. The fraction of sp³-hybridized carbons (Fsp3) is 0.739. The van der Waals surface area contributed by atoms with E-state index in [1.54, 1.807) is 16.3 Å². The van der Waals surface area contributed by atoms with Gasteiger partial charge in [-0.1, -0.05) is 39.0 Å². The van der Waals surface area contributed by atoms with Crippen molar-refractivity contribution in [2.24, 2.45) is 5.73 Å². The van der Waals surface area contributed by atoms with Crippen LogP contribution in [0.25, 0.3) is 11.2 Å². The molecule has 0 aliphatic carbocycles. The van der Waals surface area contributed by atoms with Crippen LogP contribution in [0.1, 0.15) is 51.7 Å². The summed E-state index contributed by atoms with van der Waals surface area (Å²) in [6, 6.07) is -1.53. The molecule has 0 spiro atoms. The first-order valence-corrected chi connectivity index (χ1v) is 13.5. The number of rotatable bonds is 14. The zero-order chi connectivity index (χ0) is 25.4. The van der Waals surface area contributed by atoms with Gasteiger partial charge in [-0.2, -0.15) is 11.8 Å². The molecule has 0 radical (unpaired) electrons. The van der Waals surface area contributed by atoms with Crippen molar-refractivity contribution in [2.75, 3.05) is 37.1 Å². The molecule has 196 valence electrons. The minimum atomic E-state index is -1.13. The third-order valence-corrected chi connectivity index (χ3v) is 7.35. The van der Waals surface area contributed by atoms with Crippen molar-refractivity contribution in [1.82, 2.24) is 24.8 Å². The lowest BCUT2D eigenvalue weighted by molar-refractivity contribution is -0.123. The van der Waals surface area contributed by atoms with Crippen LogP contribution in [0, 0.1) is 0 Å². The molecule has 0 unspecified atom stereocenters. The molecule has 2 aromatic heterocycles. The highest BCUT2D eigenvalue weighted by Gasteiger charge is 2.46. The highest BCUT2D eigenvalue weighted by atomic mass is 32.2. The van der Waals surface area contributed by atoms with Crippen LogP contribution in [0.15, 0.2) is 12.7 Å². The smallest absolute Gasteiger partial charge is 0.238 e. The number of hydrogen-bond acceptors (Lipinski definition) is 10. The second kappa shape index (κ2) is 13.4. The summed E-state index contributed by atoms with van der Waals surface area (Å²) in [5.41, 5.74) is 7.15. The Labute approximate surface area is 210 Å². The molecule has 12 heteroatoms. The standard InChI is InChI=1S/C23H39N7O4S/c1-4-5-6-7-8-9-10-35-12-15(24)22(33)28-17-16(11-31)34-23(19(17)32)30-14-27-18-20(29(2)3)25-13-26-21(18)30/h13-17,19,23,31-32H,4-12,24H2,1-3H3,(H,28,33)/t15-,16+,17+,19+,23+/m0/s1. The summed E-state index contributed by atoms with van der Waals surface area (Å²) in [7, 11) is 3.70. The number of nitrogens with two attached hydrogens (primary N) is 1. The normalized spacial score (nSPS) is 23.0. The average molecular weight is 510 g/mol. The number of anilines is 1. The van der Waals surface area contributed by atoms with Crippen LogP contribution >= 0.6 is 11.8 Å². The molecule has 5 atom stereocenters. The fourth-order valence-corrected chi connectivity index (χ4v) is 5.18. The molecule has 3 rings (SSSR count). The SMILES string of the molecule is CCCCCCCCSC[C@H](N)C(=O)N[C@H]1[C@@H](O)[C@H](n2cnc3c(N(C)C)ncnc32)O[C@@H]1CO. The first-order chi connectivity index (χ1) is 16.9. The minimum Gasteiger partial charge on any atom is -0.394 e. The number of nitrogens with zero attached hydrogens (tertiary/aromatic N) is 5. The van der Waals surface area contributed by atoms with Crippen molar-refractivity contribution in [3.63, 3.8) is 0 Å². The van der Waals surface area contributed by atoms with Gasteiger partial charge in [0.05, 0.1) is 25.0 Å². The molecule has 1 amide bonds. The van der Waals surface area contributed by atoms with Crippen LogP contribution in [0.5, 0.6) is 0 Å². The summed E-state index contributed by atoms with van der Waals surface area (Å²) < 4.78 is 7.51. The Hall–Kier alpha value is -1.99. The van der Waals surface area contributed by atoms with Crippen LogP contribution in [-0.2, 0) is 9.53 Å². The number of aliphatic hydroxyl groups is 2. The molecule has 2 aromatic rings. The fourth-order valence-electron chi connectivity index (χ4n) is 4.20. The zero-order valence-corrected chi connectivity index (χ0v) is 21.7. The van der Waals surface area contributed by atoms with Crippen LogP contribution in [-0.4, -0.2) is 92.1 Å². The molecule has 1 aliphatic heterocycles. The van der Waals surface area contributed by atoms with E-state index < -0.39 is 30.5 Å². The summed E-state index contributed by atoms with van der Waals surface area (Å²) in [4.78, 5) is 27.5. The van der Waals surface area contributed by atoms with Gasteiger partial charge in [-0.25, -0.2) is 15.0 Å². The van der Waals surface area contributed by atoms with E-state index in [2.05, 4.69) is 27.2 Å². The van der Waals surface area contributed by atoms with E-state index in [0.717, 1.165) is 12.2 Å². The maximum atomic E-state index is 12.7. The average Bonchev–Trinajstić information content (AvgIpc) is 3.41. The van der Waals surface area contributed by atoms with E-state index in [0.29, 0.717) is 22.7 Å². The van der Waals surface area contributed by atoms with Gasteiger partial charge in [0.1, 0.15) is 18.5 Å². The van der Waals surface area contributed by atoms with Gasteiger partial charge in [0, 0.05) is 19.8 Å². The van der Waals surface area contributed by atoms with E-state index in [1.165, 1.54) is 44.8 Å². The first-order valence-electron chi connectivity index (χ1n) is 12.3. The Morgan fingerprint density at radius 1 is 1.26 bits per heavy atom. The molecule has 1 aliphatic rings. The van der Waals surface area contributed by atoms with Crippen molar-refractivity contribution in [2.45, 2.75) is 76.0 Å². The van der Waals surface area contributed by atoms with Crippen molar-refractivity contribution < 1.29 is 19.7 Å². The van der Waals surface area contributed by atoms with Crippen molar-refractivity contribution in [1.29, 1.82) is 0 Å². The number of amides is 1. The number of hydrogen-bond donors (Lipinski definition) is 4. The largest absolute Gasteiger partial charge is 0.394 e. The molecule has 11 nitrogen and oxygen atoms in total. The van der Waals surface area contributed by atoms with Crippen molar-refractivity contribution in [3.8, 4) is 0 Å². The van der Waals surface area contributed by atoms with Crippen LogP contribution < -0.4 is 16.0 Å². The topological polar surface area (TPSA) is 152 Å². The quantitative estimate of drug-likeness (QED) is 0.272. The molecular weight excluding hydrogens is 470 g/mol. The third kappa shape index (κ3) is 6.82. The molecular formula is C23H39N7O4S. The number of aromatic nitrogens is 4. The van der Waals surface area contributed by atoms with E-state index in [1.807, 2.05) is 19.0 Å². The minimum absolute atomic E-state index is 0.370. The molecule has 1 saturated heterocycles. The number of nitrogens with one attached hydrogen (secondary N) is 1. The monoisotopic (exact) mass is 509 g/mol. The van der Waals surface area contributed by atoms with Gasteiger partial charge in [0.25, 0.3) is 0 Å². The van der Waals surface area contributed by atoms with Gasteiger partial charge in [-0.3, -0.25) is 9.36 Å². The lowest BCUT2D eigenvalue weighted by Crippen LogP contribution is -2.53. The Bertz CT molecular complexity index is 944. The molecule has 0 saturated carbocycles. The summed E-state index contributed by atoms with van der Waals surface area (Å²) in [5, 5.41) is 23.7. The summed E-state index contributed by atoms with van der Waals surface area (Å²) in [6.07, 6.45) is 7.49. The highest BCUT2D eigenvalue weighted by Crippen LogP contribution is 2.32. The van der Waals surface area contributed by atoms with E-state index in [9.17, 15) is 15.0 Å².